The number of esters is 1. The number of likely N-dealkylation sites (tertiary alicyclic amines) is 1. The zero-order valence-electron chi connectivity index (χ0n) is 10.7. The van der Waals surface area contributed by atoms with Gasteiger partial charge in [-0.2, -0.15) is 5.10 Å². The molecular formula is C13H19N3O2. The van der Waals surface area contributed by atoms with Crippen LogP contribution in [0.25, 0.3) is 0 Å². The first kappa shape index (κ1) is 11.7. The summed E-state index contributed by atoms with van der Waals surface area (Å²) < 4.78 is 7.06. The molecule has 0 saturated carbocycles. The summed E-state index contributed by atoms with van der Waals surface area (Å²) in [4.78, 5) is 14.0. The summed E-state index contributed by atoms with van der Waals surface area (Å²) in [6, 6.07) is 0.397. The minimum Gasteiger partial charge on any atom is -0.464 e. The van der Waals surface area contributed by atoms with E-state index in [4.69, 9.17) is 4.74 Å². The van der Waals surface area contributed by atoms with Gasteiger partial charge in [0.25, 0.3) is 0 Å². The first-order valence-electron chi connectivity index (χ1n) is 6.65. The molecule has 3 rings (SSSR count). The van der Waals surface area contributed by atoms with Gasteiger partial charge in [0.1, 0.15) is 6.04 Å². The van der Waals surface area contributed by atoms with Gasteiger partial charge in [-0.25, -0.2) is 0 Å². The molecule has 1 aromatic heterocycles. The Hall–Kier alpha value is -1.36. The molecule has 2 atom stereocenters. The topological polar surface area (TPSA) is 47.4 Å². The molecule has 0 aliphatic carbocycles. The molecule has 0 unspecified atom stereocenters. The molecule has 2 saturated heterocycles. The van der Waals surface area contributed by atoms with Crippen molar-refractivity contribution in [2.24, 2.45) is 0 Å². The number of cyclic esters (lactones) is 1. The van der Waals surface area contributed by atoms with Gasteiger partial charge in [0.15, 0.2) is 0 Å². The van der Waals surface area contributed by atoms with Crippen molar-refractivity contribution in [1.29, 1.82) is 0 Å². The van der Waals surface area contributed by atoms with E-state index >= 15 is 0 Å². The van der Waals surface area contributed by atoms with E-state index in [2.05, 4.69) is 16.2 Å². The molecule has 2 aliphatic rings. The molecule has 0 bridgehead atoms. The van der Waals surface area contributed by atoms with Crippen molar-refractivity contribution < 1.29 is 9.53 Å². The molecule has 2 aliphatic heterocycles. The molecule has 5 heteroatoms. The largest absolute Gasteiger partial charge is 0.464 e. The lowest BCUT2D eigenvalue weighted by molar-refractivity contribution is -0.142. The van der Waals surface area contributed by atoms with Gasteiger partial charge in [-0.15, -0.1) is 0 Å². The van der Waals surface area contributed by atoms with Crippen LogP contribution in [0, 0.1) is 6.92 Å². The van der Waals surface area contributed by atoms with Gasteiger partial charge < -0.3 is 4.74 Å². The number of nitrogens with zero attached hydrogens (tertiary/aromatic N) is 3. The average molecular weight is 249 g/mol. The highest BCUT2D eigenvalue weighted by Gasteiger charge is 2.38. The van der Waals surface area contributed by atoms with Crippen LogP contribution in [0.1, 0.15) is 24.8 Å². The van der Waals surface area contributed by atoms with Crippen molar-refractivity contribution in [2.45, 2.75) is 44.8 Å². The Morgan fingerprint density at radius 3 is 3.06 bits per heavy atom. The molecule has 2 fully saturated rings. The first-order chi connectivity index (χ1) is 8.74. The SMILES string of the molecule is Cc1cnn(C[C@@H]2CCCN2[C@@H]2CCOC2=O)c1. The van der Waals surface area contributed by atoms with Gasteiger partial charge >= 0.3 is 5.97 Å². The number of hydrogen-bond donors (Lipinski definition) is 0. The Morgan fingerprint density at radius 2 is 2.39 bits per heavy atom. The van der Waals surface area contributed by atoms with Crippen molar-refractivity contribution in [3.8, 4) is 0 Å². The van der Waals surface area contributed by atoms with Crippen LogP contribution < -0.4 is 0 Å². The second-order valence-corrected chi connectivity index (χ2v) is 5.25. The Bertz CT molecular complexity index is 443. The maximum atomic E-state index is 11.7. The highest BCUT2D eigenvalue weighted by Crippen LogP contribution is 2.26. The van der Waals surface area contributed by atoms with Crippen molar-refractivity contribution in [3.05, 3.63) is 18.0 Å². The number of aryl methyl sites for hydroxylation is 1. The van der Waals surface area contributed by atoms with Gasteiger partial charge in [0.05, 0.1) is 19.3 Å². The third kappa shape index (κ3) is 2.14. The Kier molecular flexibility index (Phi) is 3.07. The number of carbonyl (C=O) groups is 1. The van der Waals surface area contributed by atoms with Gasteiger partial charge in [0.2, 0.25) is 0 Å². The fraction of sp³-hybridized carbons (Fsp3) is 0.692. The van der Waals surface area contributed by atoms with E-state index in [9.17, 15) is 4.79 Å². The second kappa shape index (κ2) is 4.72. The molecule has 0 radical (unpaired) electrons. The molecule has 0 spiro atoms. The van der Waals surface area contributed by atoms with E-state index in [1.165, 1.54) is 5.56 Å². The van der Waals surface area contributed by atoms with E-state index in [0.717, 1.165) is 32.4 Å². The number of ether oxygens (including phenoxy) is 1. The highest BCUT2D eigenvalue weighted by atomic mass is 16.5. The zero-order valence-corrected chi connectivity index (χ0v) is 10.7. The van der Waals surface area contributed by atoms with E-state index < -0.39 is 0 Å². The van der Waals surface area contributed by atoms with Crippen LogP contribution in [0.2, 0.25) is 0 Å². The Morgan fingerprint density at radius 1 is 1.50 bits per heavy atom. The Labute approximate surface area is 107 Å². The fourth-order valence-corrected chi connectivity index (χ4v) is 3.03. The molecule has 3 heterocycles. The zero-order chi connectivity index (χ0) is 12.5. The van der Waals surface area contributed by atoms with E-state index in [-0.39, 0.29) is 12.0 Å². The number of carbonyl (C=O) groups excluding carboxylic acids is 1. The summed E-state index contributed by atoms with van der Waals surface area (Å²) in [7, 11) is 0. The molecule has 0 aromatic carbocycles. The third-order valence-electron chi connectivity index (χ3n) is 3.89. The summed E-state index contributed by atoms with van der Waals surface area (Å²) in [6.07, 6.45) is 7.08. The number of aromatic nitrogens is 2. The van der Waals surface area contributed by atoms with E-state index in [1.807, 2.05) is 17.8 Å². The monoisotopic (exact) mass is 249 g/mol. The van der Waals surface area contributed by atoms with Gasteiger partial charge in [-0.1, -0.05) is 0 Å². The van der Waals surface area contributed by atoms with Crippen molar-refractivity contribution in [1.82, 2.24) is 14.7 Å². The standard InChI is InChI=1S/C13H19N3O2/c1-10-7-14-15(8-10)9-11-3-2-5-16(11)12-4-6-18-13(12)17/h7-8,11-12H,2-6,9H2,1H3/t11-,12+/m0/s1. The second-order valence-electron chi connectivity index (χ2n) is 5.25. The van der Waals surface area contributed by atoms with Crippen LogP contribution in [0.4, 0.5) is 0 Å². The third-order valence-corrected chi connectivity index (χ3v) is 3.89. The normalized spacial score (nSPS) is 28.8. The molecule has 1 aromatic rings. The molecule has 0 amide bonds. The first-order valence-corrected chi connectivity index (χ1v) is 6.65. The smallest absolute Gasteiger partial charge is 0.323 e. The Balaban J connectivity index is 1.69. The maximum Gasteiger partial charge on any atom is 0.323 e. The minimum atomic E-state index is -0.0430. The van der Waals surface area contributed by atoms with E-state index in [1.54, 1.807) is 0 Å². The van der Waals surface area contributed by atoms with Crippen molar-refractivity contribution >= 4 is 5.97 Å². The van der Waals surface area contributed by atoms with Crippen LogP contribution in [0.5, 0.6) is 0 Å². The molecule has 5 nitrogen and oxygen atoms in total. The predicted molar refractivity (Wildman–Crippen MR) is 66.1 cm³/mol. The minimum absolute atomic E-state index is 0.0193. The van der Waals surface area contributed by atoms with E-state index in [0.29, 0.717) is 12.6 Å². The van der Waals surface area contributed by atoms with Crippen LogP contribution in [-0.4, -0.2) is 45.9 Å². The van der Waals surface area contributed by atoms with Crippen LogP contribution in [-0.2, 0) is 16.1 Å². The molecular weight excluding hydrogens is 230 g/mol. The van der Waals surface area contributed by atoms with Crippen molar-refractivity contribution in [2.75, 3.05) is 13.2 Å². The quantitative estimate of drug-likeness (QED) is 0.749. The summed E-state index contributed by atoms with van der Waals surface area (Å²) >= 11 is 0. The van der Waals surface area contributed by atoms with Gasteiger partial charge in [-0.05, 0) is 31.9 Å². The molecule has 0 N–H and O–H groups in total. The van der Waals surface area contributed by atoms with Gasteiger partial charge in [-0.3, -0.25) is 14.4 Å². The lowest BCUT2D eigenvalue weighted by Crippen LogP contribution is -2.43. The lowest BCUT2D eigenvalue weighted by atomic mass is 10.1. The predicted octanol–water partition coefficient (Wildman–Crippen LogP) is 0.971. The lowest BCUT2D eigenvalue weighted by Gasteiger charge is -2.27. The van der Waals surface area contributed by atoms with Gasteiger partial charge in [0, 0.05) is 18.7 Å². The summed E-state index contributed by atoms with van der Waals surface area (Å²) in [5.74, 6) is -0.0430. The van der Waals surface area contributed by atoms with Crippen molar-refractivity contribution in [3.63, 3.8) is 0 Å². The molecule has 18 heavy (non-hydrogen) atoms. The average Bonchev–Trinajstić information content (AvgIpc) is 3.02. The van der Waals surface area contributed by atoms with Crippen LogP contribution in [0.3, 0.4) is 0 Å². The van der Waals surface area contributed by atoms with Crippen LogP contribution in [0.15, 0.2) is 12.4 Å². The maximum absolute atomic E-state index is 11.7. The number of rotatable bonds is 3. The summed E-state index contributed by atoms with van der Waals surface area (Å²) in [5.41, 5.74) is 1.18. The number of hydrogen-bond acceptors (Lipinski definition) is 4. The van der Waals surface area contributed by atoms with Crippen LogP contribution >= 0.6 is 0 Å². The molecule has 98 valence electrons. The summed E-state index contributed by atoms with van der Waals surface area (Å²) in [5, 5.41) is 4.33. The fourth-order valence-electron chi connectivity index (χ4n) is 3.03. The highest BCUT2D eigenvalue weighted by molar-refractivity contribution is 5.77. The summed E-state index contributed by atoms with van der Waals surface area (Å²) in [6.45, 7) is 4.50.